The van der Waals surface area contributed by atoms with Crippen LogP contribution in [0.1, 0.15) is 5.56 Å². The number of phenols is 1. The van der Waals surface area contributed by atoms with Crippen LogP contribution in [0.5, 0.6) is 5.75 Å². The fourth-order valence-corrected chi connectivity index (χ4v) is 1.08. The minimum atomic E-state index is 0.179. The molecule has 0 aromatic heterocycles. The Morgan fingerprint density at radius 1 is 1.50 bits per heavy atom. The van der Waals surface area contributed by atoms with Crippen LogP contribution in [0.2, 0.25) is 5.02 Å². The van der Waals surface area contributed by atoms with Gasteiger partial charge in [0.05, 0.1) is 7.11 Å². The van der Waals surface area contributed by atoms with Gasteiger partial charge in [0.1, 0.15) is 0 Å². The number of halogens is 1. The summed E-state index contributed by atoms with van der Waals surface area (Å²) in [7, 11) is 1.52. The molecule has 0 unspecified atom stereocenters. The van der Waals surface area contributed by atoms with Crippen LogP contribution in [0.3, 0.4) is 0 Å². The molecule has 0 spiro atoms. The summed E-state index contributed by atoms with van der Waals surface area (Å²) in [4.78, 5) is 4.76. The first kappa shape index (κ1) is 9.32. The van der Waals surface area contributed by atoms with E-state index in [4.69, 9.17) is 16.4 Å². The first-order valence-corrected chi connectivity index (χ1v) is 3.88. The zero-order valence-corrected chi connectivity index (χ0v) is 7.72. The van der Waals surface area contributed by atoms with Gasteiger partial charge in [-0.3, -0.25) is 0 Å². The molecule has 0 saturated heterocycles. The Kier molecular flexibility index (Phi) is 2.92. The van der Waals surface area contributed by atoms with Crippen LogP contribution in [0.15, 0.2) is 12.1 Å². The monoisotopic (exact) mass is 188 g/mol. The second-order valence-corrected chi connectivity index (χ2v) is 2.92. The Labute approximate surface area is 75.9 Å². The number of hydrogen-bond acceptors (Lipinski definition) is 2. The van der Waals surface area contributed by atoms with E-state index >= 15 is 0 Å². The Balaban J connectivity index is 3.05. The lowest BCUT2D eigenvalue weighted by Crippen LogP contribution is -2.75. The SMILES string of the molecule is CO[NH2+]c1cc(Cl)c(C)cc1O. The standard InChI is InChI=1S/C8H10ClNO2/c1-5-3-8(11)7(10-12-2)4-6(5)9/h3-4,10-11H,1-2H3/p+1. The summed E-state index contributed by atoms with van der Waals surface area (Å²) >= 11 is 5.83. The van der Waals surface area contributed by atoms with Crippen molar-refractivity contribution in [2.45, 2.75) is 6.92 Å². The molecule has 0 atom stereocenters. The zero-order chi connectivity index (χ0) is 9.14. The van der Waals surface area contributed by atoms with Gasteiger partial charge in [0.15, 0.2) is 5.75 Å². The summed E-state index contributed by atoms with van der Waals surface area (Å²) in [6.07, 6.45) is 0. The maximum absolute atomic E-state index is 9.38. The maximum Gasteiger partial charge on any atom is 0.205 e. The molecule has 0 aliphatic carbocycles. The Morgan fingerprint density at radius 3 is 2.75 bits per heavy atom. The fourth-order valence-electron chi connectivity index (χ4n) is 0.903. The molecule has 0 heterocycles. The van der Waals surface area contributed by atoms with Crippen molar-refractivity contribution in [1.29, 1.82) is 0 Å². The van der Waals surface area contributed by atoms with E-state index in [1.165, 1.54) is 12.6 Å². The van der Waals surface area contributed by atoms with Crippen LogP contribution in [0, 0.1) is 6.92 Å². The molecular weight excluding hydrogens is 178 g/mol. The molecule has 0 bridgehead atoms. The number of benzene rings is 1. The van der Waals surface area contributed by atoms with Gasteiger partial charge in [-0.2, -0.15) is 5.48 Å². The fraction of sp³-hybridized carbons (Fsp3) is 0.250. The molecule has 0 aliphatic heterocycles. The minimum Gasteiger partial charge on any atom is -0.503 e. The van der Waals surface area contributed by atoms with Gasteiger partial charge in [0, 0.05) is 11.1 Å². The van der Waals surface area contributed by atoms with Gasteiger partial charge in [0.2, 0.25) is 5.69 Å². The highest BCUT2D eigenvalue weighted by Crippen LogP contribution is 2.26. The number of aryl methyl sites for hydroxylation is 1. The lowest BCUT2D eigenvalue weighted by atomic mass is 10.2. The number of hydrogen-bond donors (Lipinski definition) is 2. The Morgan fingerprint density at radius 2 is 2.17 bits per heavy atom. The average molecular weight is 189 g/mol. The highest BCUT2D eigenvalue weighted by atomic mass is 35.5. The third kappa shape index (κ3) is 1.88. The Bertz CT molecular complexity index is 289. The van der Waals surface area contributed by atoms with Crippen molar-refractivity contribution >= 4 is 17.3 Å². The van der Waals surface area contributed by atoms with Gasteiger partial charge in [-0.1, -0.05) is 11.6 Å². The Hall–Kier alpha value is -0.770. The van der Waals surface area contributed by atoms with Gasteiger partial charge in [-0.25, -0.2) is 4.84 Å². The number of aromatic hydroxyl groups is 1. The van der Waals surface area contributed by atoms with Gasteiger partial charge < -0.3 is 5.11 Å². The van der Waals surface area contributed by atoms with E-state index in [2.05, 4.69) is 0 Å². The molecule has 1 aromatic rings. The first-order chi connectivity index (χ1) is 5.65. The van der Waals surface area contributed by atoms with E-state index in [1.807, 2.05) is 6.92 Å². The summed E-state index contributed by atoms with van der Waals surface area (Å²) in [5, 5.41) is 10.00. The van der Waals surface area contributed by atoms with Gasteiger partial charge >= 0.3 is 0 Å². The number of rotatable bonds is 2. The summed E-state index contributed by atoms with van der Waals surface area (Å²) < 4.78 is 0. The maximum atomic E-state index is 9.38. The normalized spacial score (nSPS) is 10.2. The zero-order valence-electron chi connectivity index (χ0n) is 6.97. The van der Waals surface area contributed by atoms with Gasteiger partial charge in [0.25, 0.3) is 0 Å². The number of quaternary nitrogens is 1. The lowest BCUT2D eigenvalue weighted by molar-refractivity contribution is -0.830. The van der Waals surface area contributed by atoms with Crippen LogP contribution in [-0.2, 0) is 4.84 Å². The molecule has 3 nitrogen and oxygen atoms in total. The van der Waals surface area contributed by atoms with Gasteiger partial charge in [-0.05, 0) is 18.6 Å². The quantitative estimate of drug-likeness (QED) is 0.415. The summed E-state index contributed by atoms with van der Waals surface area (Å²) in [6.45, 7) is 1.83. The van der Waals surface area contributed by atoms with Crippen molar-refractivity contribution in [3.63, 3.8) is 0 Å². The molecule has 0 fully saturated rings. The second kappa shape index (κ2) is 3.76. The molecule has 0 radical (unpaired) electrons. The van der Waals surface area contributed by atoms with Crippen LogP contribution in [-0.4, -0.2) is 12.2 Å². The molecule has 1 aromatic carbocycles. The smallest absolute Gasteiger partial charge is 0.205 e. The van der Waals surface area contributed by atoms with Crippen molar-refractivity contribution in [2.75, 3.05) is 7.11 Å². The summed E-state index contributed by atoms with van der Waals surface area (Å²) in [5.41, 5.74) is 2.89. The predicted molar refractivity (Wildman–Crippen MR) is 46.4 cm³/mol. The molecule has 12 heavy (non-hydrogen) atoms. The van der Waals surface area contributed by atoms with Crippen molar-refractivity contribution in [1.82, 2.24) is 0 Å². The largest absolute Gasteiger partial charge is 0.503 e. The van der Waals surface area contributed by atoms with E-state index in [-0.39, 0.29) is 5.75 Å². The number of phenolic OH excluding ortho intramolecular Hbond substituents is 1. The molecule has 0 amide bonds. The third-order valence-electron chi connectivity index (χ3n) is 1.55. The van der Waals surface area contributed by atoms with E-state index in [0.29, 0.717) is 10.7 Å². The van der Waals surface area contributed by atoms with Gasteiger partial charge in [-0.15, -0.1) is 0 Å². The predicted octanol–water partition coefficient (Wildman–Crippen LogP) is 1.11. The molecule has 0 saturated carbocycles. The van der Waals surface area contributed by atoms with E-state index in [1.54, 1.807) is 12.1 Å². The van der Waals surface area contributed by atoms with E-state index < -0.39 is 0 Å². The van der Waals surface area contributed by atoms with E-state index in [9.17, 15) is 5.11 Å². The molecule has 3 N–H and O–H groups in total. The molecule has 66 valence electrons. The van der Waals surface area contributed by atoms with Crippen LogP contribution in [0.25, 0.3) is 0 Å². The molecule has 4 heteroatoms. The summed E-state index contributed by atoms with van der Waals surface area (Å²) in [5.74, 6) is 0.179. The van der Waals surface area contributed by atoms with Crippen molar-refractivity contribution in [3.8, 4) is 5.75 Å². The topological polar surface area (TPSA) is 46.1 Å². The van der Waals surface area contributed by atoms with Crippen LogP contribution < -0.4 is 5.48 Å². The highest BCUT2D eigenvalue weighted by Gasteiger charge is 2.08. The molecule has 0 aliphatic rings. The van der Waals surface area contributed by atoms with Crippen molar-refractivity contribution < 1.29 is 15.4 Å². The number of nitrogens with two attached hydrogens (primary N) is 1. The third-order valence-corrected chi connectivity index (χ3v) is 1.96. The van der Waals surface area contributed by atoms with Crippen molar-refractivity contribution in [3.05, 3.63) is 22.7 Å². The highest BCUT2D eigenvalue weighted by molar-refractivity contribution is 6.31. The summed E-state index contributed by atoms with van der Waals surface area (Å²) in [6, 6.07) is 3.27. The minimum absolute atomic E-state index is 0.179. The van der Waals surface area contributed by atoms with Crippen LogP contribution >= 0.6 is 11.6 Å². The van der Waals surface area contributed by atoms with E-state index in [0.717, 1.165) is 5.56 Å². The second-order valence-electron chi connectivity index (χ2n) is 2.51. The van der Waals surface area contributed by atoms with Crippen LogP contribution in [0.4, 0.5) is 5.69 Å². The molecular formula is C8H11ClNO2+. The lowest BCUT2D eigenvalue weighted by Gasteiger charge is -2.02. The molecule has 1 rings (SSSR count). The first-order valence-electron chi connectivity index (χ1n) is 3.50. The van der Waals surface area contributed by atoms with Crippen molar-refractivity contribution in [2.24, 2.45) is 0 Å². The average Bonchev–Trinajstić information content (AvgIpc) is 2.01.